The number of benzene rings is 3. The highest BCUT2D eigenvalue weighted by Crippen LogP contribution is 2.36. The van der Waals surface area contributed by atoms with E-state index in [1.165, 1.54) is 0 Å². The molecule has 5 nitrogen and oxygen atoms in total. The molecule has 1 N–H and O–H groups in total. The zero-order chi connectivity index (χ0) is 21.6. The Bertz CT molecular complexity index is 1070. The third-order valence-electron chi connectivity index (χ3n) is 5.05. The topological polar surface area (TPSA) is 50.4 Å². The van der Waals surface area contributed by atoms with E-state index in [1.54, 1.807) is 7.11 Å². The largest absolute Gasteiger partial charge is 0.493 e. The van der Waals surface area contributed by atoms with Gasteiger partial charge in [-0.15, -0.1) is 0 Å². The van der Waals surface area contributed by atoms with Gasteiger partial charge < -0.3 is 19.4 Å². The number of ether oxygens (including phenoxy) is 2. The molecule has 0 aliphatic carbocycles. The van der Waals surface area contributed by atoms with E-state index >= 15 is 0 Å². The maximum atomic E-state index is 5.90. The van der Waals surface area contributed by atoms with E-state index in [0.29, 0.717) is 12.4 Å². The molecule has 0 spiro atoms. The van der Waals surface area contributed by atoms with Crippen LogP contribution < -0.4 is 9.47 Å². The molecule has 0 atom stereocenters. The fourth-order valence-electron chi connectivity index (χ4n) is 3.40. The van der Waals surface area contributed by atoms with Gasteiger partial charge in [0.05, 0.1) is 18.5 Å². The van der Waals surface area contributed by atoms with Gasteiger partial charge in [0.15, 0.2) is 11.5 Å². The highest BCUT2D eigenvalue weighted by Gasteiger charge is 2.16. The number of hydrogen-bond acceptors (Lipinski definition) is 4. The summed E-state index contributed by atoms with van der Waals surface area (Å²) in [6.45, 7) is 1.43. The van der Waals surface area contributed by atoms with Crippen molar-refractivity contribution in [2.45, 2.75) is 0 Å². The predicted molar refractivity (Wildman–Crippen MR) is 125 cm³/mol. The normalized spacial score (nSPS) is 11.0. The number of methoxy groups -OCH3 is 1. The van der Waals surface area contributed by atoms with Gasteiger partial charge in [0, 0.05) is 23.2 Å². The van der Waals surface area contributed by atoms with Crippen molar-refractivity contribution in [1.82, 2.24) is 14.9 Å². The molecule has 0 radical (unpaired) electrons. The molecule has 31 heavy (non-hydrogen) atoms. The van der Waals surface area contributed by atoms with E-state index in [1.807, 2.05) is 68.7 Å². The van der Waals surface area contributed by atoms with Gasteiger partial charge in [-0.1, -0.05) is 60.7 Å². The zero-order valence-corrected chi connectivity index (χ0v) is 18.1. The zero-order valence-electron chi connectivity index (χ0n) is 18.1. The monoisotopic (exact) mass is 413 g/mol. The summed E-state index contributed by atoms with van der Waals surface area (Å²) < 4.78 is 11.5. The Morgan fingerprint density at radius 1 is 0.806 bits per heavy atom. The number of H-pyrrole nitrogens is 1. The molecule has 4 rings (SSSR count). The summed E-state index contributed by atoms with van der Waals surface area (Å²) in [5.74, 6) is 2.21. The number of rotatable bonds is 8. The second-order valence-corrected chi connectivity index (χ2v) is 7.56. The van der Waals surface area contributed by atoms with E-state index in [9.17, 15) is 0 Å². The molecule has 0 saturated heterocycles. The highest BCUT2D eigenvalue weighted by atomic mass is 16.5. The predicted octanol–water partition coefficient (Wildman–Crippen LogP) is 5.36. The van der Waals surface area contributed by atoms with Crippen LogP contribution in [0.15, 0.2) is 78.9 Å². The minimum atomic E-state index is 0.597. The average Bonchev–Trinajstić information content (AvgIpc) is 3.26. The smallest absolute Gasteiger partial charge is 0.161 e. The van der Waals surface area contributed by atoms with Crippen molar-refractivity contribution < 1.29 is 9.47 Å². The Kier molecular flexibility index (Phi) is 6.34. The summed E-state index contributed by atoms with van der Waals surface area (Å²) in [6, 6.07) is 26.4. The van der Waals surface area contributed by atoms with Crippen molar-refractivity contribution >= 4 is 0 Å². The van der Waals surface area contributed by atoms with Crippen LogP contribution in [0.4, 0.5) is 0 Å². The number of hydrogen-bond donors (Lipinski definition) is 1. The third kappa shape index (κ3) is 4.78. The number of aromatic amines is 1. The third-order valence-corrected chi connectivity index (χ3v) is 5.05. The summed E-state index contributed by atoms with van der Waals surface area (Å²) in [6.07, 6.45) is 0. The van der Waals surface area contributed by atoms with Gasteiger partial charge in [-0.05, 0) is 32.3 Å². The number of imidazole rings is 1. The van der Waals surface area contributed by atoms with Crippen molar-refractivity contribution in [3.05, 3.63) is 78.9 Å². The van der Waals surface area contributed by atoms with Crippen molar-refractivity contribution in [3.8, 4) is 45.4 Å². The summed E-state index contributed by atoms with van der Waals surface area (Å²) >= 11 is 0. The van der Waals surface area contributed by atoms with Crippen LogP contribution in [0.3, 0.4) is 0 Å². The SMILES string of the molecule is COc1cc(-c2nc(-c3ccccc3)c(-c3ccccc3)[nH]2)ccc1OCCN(C)C. The Balaban J connectivity index is 1.72. The minimum Gasteiger partial charge on any atom is -0.493 e. The van der Waals surface area contributed by atoms with Crippen molar-refractivity contribution in [2.24, 2.45) is 0 Å². The van der Waals surface area contributed by atoms with Gasteiger partial charge in [-0.3, -0.25) is 0 Å². The first-order valence-electron chi connectivity index (χ1n) is 10.3. The Hall–Kier alpha value is -3.57. The standard InChI is InChI=1S/C26H27N3O2/c1-29(2)16-17-31-22-15-14-21(18-23(22)30-3)26-27-24(19-10-6-4-7-11-19)25(28-26)20-12-8-5-9-13-20/h4-15,18H,16-17H2,1-3H3,(H,27,28). The van der Waals surface area contributed by atoms with Gasteiger partial charge in [0.2, 0.25) is 0 Å². The molecule has 4 aromatic rings. The first-order valence-corrected chi connectivity index (χ1v) is 10.3. The van der Waals surface area contributed by atoms with Crippen LogP contribution in [0.1, 0.15) is 0 Å². The minimum absolute atomic E-state index is 0.597. The molecule has 5 heteroatoms. The van der Waals surface area contributed by atoms with Crippen molar-refractivity contribution in [2.75, 3.05) is 34.4 Å². The van der Waals surface area contributed by atoms with Crippen LogP contribution in [0.25, 0.3) is 33.9 Å². The van der Waals surface area contributed by atoms with Gasteiger partial charge in [-0.25, -0.2) is 4.98 Å². The lowest BCUT2D eigenvalue weighted by molar-refractivity contribution is 0.251. The van der Waals surface area contributed by atoms with E-state index in [0.717, 1.165) is 46.2 Å². The fourth-order valence-corrected chi connectivity index (χ4v) is 3.40. The van der Waals surface area contributed by atoms with Crippen LogP contribution in [-0.2, 0) is 0 Å². The van der Waals surface area contributed by atoms with Gasteiger partial charge in [0.25, 0.3) is 0 Å². The maximum Gasteiger partial charge on any atom is 0.161 e. The lowest BCUT2D eigenvalue weighted by atomic mass is 10.1. The van der Waals surface area contributed by atoms with Crippen LogP contribution >= 0.6 is 0 Å². The Morgan fingerprint density at radius 3 is 2.13 bits per heavy atom. The number of nitrogens with zero attached hydrogens (tertiary/aromatic N) is 2. The first-order chi connectivity index (χ1) is 15.2. The average molecular weight is 414 g/mol. The number of nitrogens with one attached hydrogen (secondary N) is 1. The molecule has 0 saturated carbocycles. The molecular weight excluding hydrogens is 386 g/mol. The van der Waals surface area contributed by atoms with E-state index in [4.69, 9.17) is 14.5 Å². The van der Waals surface area contributed by atoms with Gasteiger partial charge in [0.1, 0.15) is 12.4 Å². The van der Waals surface area contributed by atoms with Crippen LogP contribution in [-0.4, -0.2) is 49.2 Å². The second-order valence-electron chi connectivity index (χ2n) is 7.56. The number of aromatic nitrogens is 2. The fraction of sp³-hybridized carbons (Fsp3) is 0.192. The molecule has 158 valence electrons. The molecule has 3 aromatic carbocycles. The maximum absolute atomic E-state index is 5.90. The summed E-state index contributed by atoms with van der Waals surface area (Å²) in [7, 11) is 5.70. The lowest BCUT2D eigenvalue weighted by Crippen LogP contribution is -2.19. The Labute approximate surface area is 183 Å². The molecule has 0 aliphatic heterocycles. The summed E-state index contributed by atoms with van der Waals surface area (Å²) in [4.78, 5) is 10.6. The molecule has 0 unspecified atom stereocenters. The number of likely N-dealkylation sites (N-methyl/N-ethyl adjacent to an activating group) is 1. The quantitative estimate of drug-likeness (QED) is 0.422. The molecule has 0 aliphatic rings. The molecule has 1 heterocycles. The molecular formula is C26H27N3O2. The van der Waals surface area contributed by atoms with E-state index < -0.39 is 0 Å². The van der Waals surface area contributed by atoms with Gasteiger partial charge >= 0.3 is 0 Å². The molecule has 0 bridgehead atoms. The lowest BCUT2D eigenvalue weighted by Gasteiger charge is -2.14. The van der Waals surface area contributed by atoms with E-state index in [2.05, 4.69) is 34.1 Å². The first kappa shape index (κ1) is 20.7. The van der Waals surface area contributed by atoms with Crippen LogP contribution in [0.5, 0.6) is 11.5 Å². The van der Waals surface area contributed by atoms with Crippen LogP contribution in [0, 0.1) is 0 Å². The second kappa shape index (κ2) is 9.49. The highest BCUT2D eigenvalue weighted by molar-refractivity contribution is 5.81. The van der Waals surface area contributed by atoms with Crippen LogP contribution in [0.2, 0.25) is 0 Å². The van der Waals surface area contributed by atoms with Crippen molar-refractivity contribution in [1.29, 1.82) is 0 Å². The Morgan fingerprint density at radius 2 is 1.48 bits per heavy atom. The van der Waals surface area contributed by atoms with Gasteiger partial charge in [-0.2, -0.15) is 0 Å². The molecule has 0 fully saturated rings. The molecule has 0 amide bonds. The van der Waals surface area contributed by atoms with E-state index in [-0.39, 0.29) is 0 Å². The molecule has 1 aromatic heterocycles. The summed E-state index contributed by atoms with van der Waals surface area (Å²) in [5.41, 5.74) is 5.02. The summed E-state index contributed by atoms with van der Waals surface area (Å²) in [5, 5.41) is 0. The van der Waals surface area contributed by atoms with Crippen molar-refractivity contribution in [3.63, 3.8) is 0 Å².